The zero-order valence-corrected chi connectivity index (χ0v) is 6.53. The first-order valence-corrected chi connectivity index (χ1v) is 3.74. The van der Waals surface area contributed by atoms with Crippen LogP contribution in [-0.2, 0) is 0 Å². The highest BCUT2D eigenvalue weighted by molar-refractivity contribution is 5.65. The molecule has 1 heterocycles. The molecule has 1 aromatic heterocycles. The average Bonchev–Trinajstić information content (AvgIpc) is 2.56. The minimum atomic E-state index is 0.772. The maximum absolute atomic E-state index is 5.63. The minimum Gasteiger partial charge on any atom is -0.472 e. The zero-order valence-electron chi connectivity index (χ0n) is 6.53. The van der Waals surface area contributed by atoms with Crippen LogP contribution in [0, 0.1) is 0 Å². The Kier molecular flexibility index (Phi) is 1.59. The van der Waals surface area contributed by atoms with Gasteiger partial charge in [0.1, 0.15) is 0 Å². The third kappa shape index (κ3) is 1.19. The van der Waals surface area contributed by atoms with Crippen LogP contribution in [0.2, 0.25) is 0 Å². The molecule has 0 aliphatic carbocycles. The van der Waals surface area contributed by atoms with Crippen LogP contribution < -0.4 is 5.73 Å². The number of furan rings is 1. The molecule has 0 saturated heterocycles. The molecular weight excluding hydrogens is 150 g/mol. The molecule has 0 unspecified atom stereocenters. The van der Waals surface area contributed by atoms with Gasteiger partial charge in [0.2, 0.25) is 0 Å². The molecule has 0 atom stereocenters. The molecule has 0 radical (unpaired) electrons. The van der Waals surface area contributed by atoms with Crippen molar-refractivity contribution in [1.82, 2.24) is 0 Å². The summed E-state index contributed by atoms with van der Waals surface area (Å²) in [6.07, 6.45) is 3.35. The van der Waals surface area contributed by atoms with Crippen molar-refractivity contribution in [3.05, 3.63) is 42.9 Å². The van der Waals surface area contributed by atoms with Gasteiger partial charge in [-0.15, -0.1) is 0 Å². The van der Waals surface area contributed by atoms with Gasteiger partial charge in [0.05, 0.1) is 12.5 Å². The van der Waals surface area contributed by atoms with Crippen LogP contribution in [0.4, 0.5) is 5.69 Å². The number of hydrogen-bond acceptors (Lipinski definition) is 2. The fourth-order valence-corrected chi connectivity index (χ4v) is 1.15. The summed E-state index contributed by atoms with van der Waals surface area (Å²) in [5, 5.41) is 0. The van der Waals surface area contributed by atoms with Crippen LogP contribution >= 0.6 is 0 Å². The SMILES string of the molecule is Nc1cccc(-c2ccoc2)c1. The summed E-state index contributed by atoms with van der Waals surface area (Å²) in [7, 11) is 0. The molecular formula is C10H9NO. The lowest BCUT2D eigenvalue weighted by atomic mass is 10.1. The minimum absolute atomic E-state index is 0.772. The molecule has 0 fully saturated rings. The van der Waals surface area contributed by atoms with E-state index in [2.05, 4.69) is 0 Å². The Morgan fingerprint density at radius 2 is 2.00 bits per heavy atom. The van der Waals surface area contributed by atoms with Crippen LogP contribution in [0.1, 0.15) is 0 Å². The topological polar surface area (TPSA) is 39.2 Å². The number of hydrogen-bond donors (Lipinski definition) is 1. The van der Waals surface area contributed by atoms with Crippen molar-refractivity contribution in [3.8, 4) is 11.1 Å². The highest BCUT2D eigenvalue weighted by Gasteiger charge is 1.97. The second-order valence-corrected chi connectivity index (χ2v) is 2.64. The number of nitrogen functional groups attached to an aromatic ring is 1. The lowest BCUT2D eigenvalue weighted by molar-refractivity contribution is 0.568. The van der Waals surface area contributed by atoms with Crippen LogP contribution in [0.3, 0.4) is 0 Å². The standard InChI is InChI=1S/C10H9NO/c11-10-3-1-2-8(6-10)9-4-5-12-7-9/h1-7H,11H2. The molecule has 0 bridgehead atoms. The molecule has 12 heavy (non-hydrogen) atoms. The summed E-state index contributed by atoms with van der Waals surface area (Å²) in [6, 6.07) is 9.63. The van der Waals surface area contributed by atoms with Gasteiger partial charge in [0.15, 0.2) is 0 Å². The van der Waals surface area contributed by atoms with E-state index in [1.54, 1.807) is 12.5 Å². The van der Waals surface area contributed by atoms with Gasteiger partial charge < -0.3 is 10.2 Å². The van der Waals surface area contributed by atoms with Gasteiger partial charge in [-0.3, -0.25) is 0 Å². The van der Waals surface area contributed by atoms with Crippen molar-refractivity contribution in [3.63, 3.8) is 0 Å². The zero-order chi connectivity index (χ0) is 8.39. The summed E-state index contributed by atoms with van der Waals surface area (Å²) in [5.41, 5.74) is 8.55. The van der Waals surface area contributed by atoms with Crippen LogP contribution in [0.15, 0.2) is 47.3 Å². The lowest BCUT2D eigenvalue weighted by Gasteiger charge is -1.97. The van der Waals surface area contributed by atoms with Crippen molar-refractivity contribution in [2.45, 2.75) is 0 Å². The normalized spacial score (nSPS) is 10.0. The van der Waals surface area contributed by atoms with Gasteiger partial charge in [-0.2, -0.15) is 0 Å². The van der Waals surface area contributed by atoms with Crippen molar-refractivity contribution in [1.29, 1.82) is 0 Å². The molecule has 2 N–H and O–H groups in total. The maximum Gasteiger partial charge on any atom is 0.0980 e. The Morgan fingerprint density at radius 1 is 1.08 bits per heavy atom. The van der Waals surface area contributed by atoms with E-state index in [1.807, 2.05) is 30.3 Å². The molecule has 0 saturated carbocycles. The van der Waals surface area contributed by atoms with E-state index < -0.39 is 0 Å². The lowest BCUT2D eigenvalue weighted by Crippen LogP contribution is -1.83. The van der Waals surface area contributed by atoms with Crippen molar-refractivity contribution < 1.29 is 4.42 Å². The van der Waals surface area contributed by atoms with Gasteiger partial charge in [-0.25, -0.2) is 0 Å². The van der Waals surface area contributed by atoms with E-state index in [9.17, 15) is 0 Å². The van der Waals surface area contributed by atoms with Crippen molar-refractivity contribution in [2.75, 3.05) is 5.73 Å². The molecule has 2 heteroatoms. The predicted octanol–water partition coefficient (Wildman–Crippen LogP) is 2.53. The first kappa shape index (κ1) is 6.98. The molecule has 0 amide bonds. The van der Waals surface area contributed by atoms with E-state index in [4.69, 9.17) is 10.2 Å². The van der Waals surface area contributed by atoms with E-state index in [1.165, 1.54) is 0 Å². The highest BCUT2D eigenvalue weighted by atomic mass is 16.3. The second kappa shape index (κ2) is 2.74. The smallest absolute Gasteiger partial charge is 0.0980 e. The van der Waals surface area contributed by atoms with Crippen molar-refractivity contribution >= 4 is 5.69 Å². The number of benzene rings is 1. The Hall–Kier alpha value is -1.70. The first-order chi connectivity index (χ1) is 5.86. The van der Waals surface area contributed by atoms with Crippen LogP contribution in [0.25, 0.3) is 11.1 Å². The molecule has 0 aliphatic heterocycles. The third-order valence-electron chi connectivity index (χ3n) is 1.74. The maximum atomic E-state index is 5.63. The number of rotatable bonds is 1. The van der Waals surface area contributed by atoms with Gasteiger partial charge in [0, 0.05) is 11.3 Å². The molecule has 60 valence electrons. The van der Waals surface area contributed by atoms with E-state index in [-0.39, 0.29) is 0 Å². The molecule has 2 aromatic rings. The Balaban J connectivity index is 2.48. The quantitative estimate of drug-likeness (QED) is 0.649. The Morgan fingerprint density at radius 3 is 2.67 bits per heavy atom. The molecule has 1 aromatic carbocycles. The summed E-state index contributed by atoms with van der Waals surface area (Å²) >= 11 is 0. The van der Waals surface area contributed by atoms with Gasteiger partial charge in [-0.05, 0) is 23.8 Å². The fourth-order valence-electron chi connectivity index (χ4n) is 1.15. The van der Waals surface area contributed by atoms with Crippen LogP contribution in [0.5, 0.6) is 0 Å². The second-order valence-electron chi connectivity index (χ2n) is 2.64. The summed E-state index contributed by atoms with van der Waals surface area (Å²) in [6.45, 7) is 0. The Labute approximate surface area is 70.6 Å². The molecule has 0 spiro atoms. The summed E-state index contributed by atoms with van der Waals surface area (Å²) in [5.74, 6) is 0. The van der Waals surface area contributed by atoms with Gasteiger partial charge in [0.25, 0.3) is 0 Å². The van der Waals surface area contributed by atoms with Gasteiger partial charge >= 0.3 is 0 Å². The van der Waals surface area contributed by atoms with Gasteiger partial charge in [-0.1, -0.05) is 12.1 Å². The monoisotopic (exact) mass is 159 g/mol. The highest BCUT2D eigenvalue weighted by Crippen LogP contribution is 2.21. The first-order valence-electron chi connectivity index (χ1n) is 3.74. The van der Waals surface area contributed by atoms with E-state index >= 15 is 0 Å². The predicted molar refractivity (Wildman–Crippen MR) is 48.6 cm³/mol. The van der Waals surface area contributed by atoms with Crippen molar-refractivity contribution in [2.24, 2.45) is 0 Å². The number of nitrogens with two attached hydrogens (primary N) is 1. The average molecular weight is 159 g/mol. The van der Waals surface area contributed by atoms with E-state index in [0.29, 0.717) is 0 Å². The molecule has 2 rings (SSSR count). The molecule has 0 aliphatic rings. The summed E-state index contributed by atoms with van der Waals surface area (Å²) < 4.78 is 4.97. The largest absolute Gasteiger partial charge is 0.472 e. The Bertz CT molecular complexity index is 365. The third-order valence-corrected chi connectivity index (χ3v) is 1.74. The molecule has 2 nitrogen and oxygen atoms in total. The number of anilines is 1. The summed E-state index contributed by atoms with van der Waals surface area (Å²) in [4.78, 5) is 0. The van der Waals surface area contributed by atoms with Crippen LogP contribution in [-0.4, -0.2) is 0 Å². The van der Waals surface area contributed by atoms with E-state index in [0.717, 1.165) is 16.8 Å². The fraction of sp³-hybridized carbons (Fsp3) is 0.